The summed E-state index contributed by atoms with van der Waals surface area (Å²) in [6.07, 6.45) is 16.5. The topological polar surface area (TPSA) is 206 Å². The molecule has 8 N–H and O–H groups in total. The normalized spacial score (nSPS) is 24.4. The van der Waals surface area contributed by atoms with Gasteiger partial charge in [-0.1, -0.05) is 62.6 Å². The van der Waals surface area contributed by atoms with Crippen LogP contribution >= 0.6 is 7.60 Å². The highest BCUT2D eigenvalue weighted by Gasteiger charge is 2.42. The number of aliphatic hydroxyl groups is 4. The fourth-order valence-electron chi connectivity index (χ4n) is 4.66. The number of rotatable bonds is 23. The molecule has 0 bridgehead atoms. The van der Waals surface area contributed by atoms with E-state index in [0.717, 1.165) is 51.4 Å². The van der Waals surface area contributed by atoms with Crippen LogP contribution in [0.5, 0.6) is 0 Å². The highest BCUT2D eigenvalue weighted by molar-refractivity contribution is 7.52. The van der Waals surface area contributed by atoms with E-state index in [4.69, 9.17) is 4.52 Å². The van der Waals surface area contributed by atoms with E-state index in [0.29, 0.717) is 6.42 Å². The largest absolute Gasteiger partial charge is 0.479 e. The number of hydrogen-bond acceptors (Lipinski definition) is 9. The van der Waals surface area contributed by atoms with Gasteiger partial charge in [0.05, 0.1) is 43.7 Å². The molecule has 0 radical (unpaired) electrons. The average molecular weight is 633 g/mol. The van der Waals surface area contributed by atoms with Crippen LogP contribution in [0.4, 0.5) is 0 Å². The van der Waals surface area contributed by atoms with Crippen LogP contribution in [0.3, 0.4) is 0 Å². The maximum absolute atomic E-state index is 12.5. The molecule has 0 aromatic heterocycles. The number of allylic oxidation sites excluding steroid dienone is 6. The molecule has 7 atom stereocenters. The molecule has 0 aliphatic carbocycles. The van der Waals surface area contributed by atoms with Crippen molar-refractivity contribution in [2.24, 2.45) is 0 Å². The van der Waals surface area contributed by atoms with Gasteiger partial charge in [0.15, 0.2) is 5.54 Å². The van der Waals surface area contributed by atoms with Gasteiger partial charge in [-0.3, -0.25) is 9.36 Å². The van der Waals surface area contributed by atoms with Crippen molar-refractivity contribution in [3.05, 3.63) is 36.5 Å². The maximum atomic E-state index is 12.5. The zero-order valence-corrected chi connectivity index (χ0v) is 26.4. The van der Waals surface area contributed by atoms with E-state index in [1.807, 2.05) is 0 Å². The molecule has 43 heavy (non-hydrogen) atoms. The van der Waals surface area contributed by atoms with Gasteiger partial charge in [0.1, 0.15) is 0 Å². The summed E-state index contributed by atoms with van der Waals surface area (Å²) >= 11 is 0. The summed E-state index contributed by atoms with van der Waals surface area (Å²) in [5.74, 6) is -1.96. The number of unbranched alkanes of at least 4 members (excludes halogenated alkanes) is 5. The van der Waals surface area contributed by atoms with E-state index < -0.39 is 74.8 Å². The van der Waals surface area contributed by atoms with E-state index in [9.17, 15) is 44.6 Å². The standard InChI is InChI=1S/C30H53N2O10P/c1-3-4-5-6-7-8-9-10-11-12-13-14-15-16-17-18-26(35)32-30(2,29(38)39)22-42-43(40,41)21-23(34)19-24-27(36)28(37)25(20-33)31-24/h4-5,7-8,10-11,23-25,27-28,31,33-34,36-37H,3,6,9,12-22H2,1-2H3,(H,32,35)(H,38,39)(H,40,41)/b5-4-,8-7-,11-10-/t23-,24-,25-,27-,28-,30?/m1/s1. The summed E-state index contributed by atoms with van der Waals surface area (Å²) in [5, 5.41) is 54.1. The van der Waals surface area contributed by atoms with Gasteiger partial charge in [0, 0.05) is 12.5 Å². The Balaban J connectivity index is 2.32. The number of amides is 1. The van der Waals surface area contributed by atoms with E-state index in [1.165, 1.54) is 6.92 Å². The van der Waals surface area contributed by atoms with Crippen molar-refractivity contribution in [1.29, 1.82) is 0 Å². The number of hydrogen-bond donors (Lipinski definition) is 8. The first-order valence-corrected chi connectivity index (χ1v) is 17.0. The second-order valence-corrected chi connectivity index (χ2v) is 13.2. The van der Waals surface area contributed by atoms with Gasteiger partial charge < -0.3 is 45.6 Å². The molecule has 1 fully saturated rings. The Kier molecular flexibility index (Phi) is 19.1. The second kappa shape index (κ2) is 21.0. The molecule has 2 unspecified atom stereocenters. The smallest absolute Gasteiger partial charge is 0.331 e. The highest BCUT2D eigenvalue weighted by Crippen LogP contribution is 2.44. The SMILES string of the molecule is CC/C=C\C/C=C\C/C=C\CCCCCCCC(=O)NC(C)(COP(=O)(O)C[C@H](O)C[C@H]1N[C@H](CO)[C@@H](O)[C@@H]1O)C(=O)O. The Labute approximate surface area is 255 Å². The van der Waals surface area contributed by atoms with Gasteiger partial charge in [-0.25, -0.2) is 4.79 Å². The van der Waals surface area contributed by atoms with E-state index in [1.54, 1.807) is 0 Å². The predicted molar refractivity (Wildman–Crippen MR) is 165 cm³/mol. The zero-order chi connectivity index (χ0) is 32.3. The lowest BCUT2D eigenvalue weighted by molar-refractivity contribution is -0.148. The Morgan fingerprint density at radius 2 is 1.56 bits per heavy atom. The number of carbonyl (C=O) groups excluding carboxylic acids is 1. The number of aliphatic hydroxyl groups excluding tert-OH is 4. The second-order valence-electron chi connectivity index (χ2n) is 11.3. The first-order valence-electron chi connectivity index (χ1n) is 15.2. The zero-order valence-electron chi connectivity index (χ0n) is 25.5. The third-order valence-corrected chi connectivity index (χ3v) is 8.68. The van der Waals surface area contributed by atoms with E-state index >= 15 is 0 Å². The molecule has 13 heteroatoms. The van der Waals surface area contributed by atoms with E-state index in [2.05, 4.69) is 54.0 Å². The lowest BCUT2D eigenvalue weighted by Gasteiger charge is -2.28. The molecule has 1 amide bonds. The van der Waals surface area contributed by atoms with Crippen LogP contribution in [0.25, 0.3) is 0 Å². The fraction of sp³-hybridized carbons (Fsp3) is 0.733. The lowest BCUT2D eigenvalue weighted by Crippen LogP contribution is -2.55. The lowest BCUT2D eigenvalue weighted by atomic mass is 10.0. The molecule has 0 spiro atoms. The molecule has 1 aliphatic rings. The predicted octanol–water partition coefficient (Wildman–Crippen LogP) is 2.54. The van der Waals surface area contributed by atoms with Crippen LogP contribution in [0.15, 0.2) is 36.5 Å². The fourth-order valence-corrected chi connectivity index (χ4v) is 5.91. The van der Waals surface area contributed by atoms with Crippen LogP contribution in [0.2, 0.25) is 0 Å². The summed E-state index contributed by atoms with van der Waals surface area (Å²) in [4.78, 5) is 34.5. The third-order valence-electron chi connectivity index (χ3n) is 7.26. The van der Waals surface area contributed by atoms with Crippen molar-refractivity contribution in [1.82, 2.24) is 10.6 Å². The Morgan fingerprint density at radius 1 is 0.977 bits per heavy atom. The number of carbonyl (C=O) groups is 2. The molecule has 1 saturated heterocycles. The molecule has 248 valence electrons. The molecule has 0 saturated carbocycles. The average Bonchev–Trinajstić information content (AvgIpc) is 3.21. The molecule has 1 aliphatic heterocycles. The third kappa shape index (κ3) is 16.1. The van der Waals surface area contributed by atoms with Crippen LogP contribution in [0, 0.1) is 0 Å². The molecule has 12 nitrogen and oxygen atoms in total. The maximum Gasteiger partial charge on any atom is 0.331 e. The minimum Gasteiger partial charge on any atom is -0.479 e. The summed E-state index contributed by atoms with van der Waals surface area (Å²) in [7, 11) is -4.49. The van der Waals surface area contributed by atoms with Crippen LogP contribution in [-0.4, -0.2) is 97.6 Å². The summed E-state index contributed by atoms with van der Waals surface area (Å²) < 4.78 is 17.5. The van der Waals surface area contributed by atoms with E-state index in [-0.39, 0.29) is 12.8 Å². The number of carboxylic acids is 1. The van der Waals surface area contributed by atoms with Crippen LogP contribution in [0.1, 0.15) is 84.5 Å². The van der Waals surface area contributed by atoms with Gasteiger partial charge >= 0.3 is 13.6 Å². The first-order chi connectivity index (χ1) is 20.3. The molecule has 1 rings (SSSR count). The number of carboxylic acid groups (broad SMARTS) is 1. The first kappa shape index (κ1) is 39.1. The van der Waals surface area contributed by atoms with Crippen molar-refractivity contribution in [2.45, 2.75) is 120 Å². The van der Waals surface area contributed by atoms with Crippen LogP contribution < -0.4 is 10.6 Å². The monoisotopic (exact) mass is 632 g/mol. The van der Waals surface area contributed by atoms with Crippen molar-refractivity contribution in [2.75, 3.05) is 19.4 Å². The molecule has 1 heterocycles. The minimum atomic E-state index is -4.49. The van der Waals surface area contributed by atoms with Crippen molar-refractivity contribution >= 4 is 19.5 Å². The van der Waals surface area contributed by atoms with Crippen LogP contribution in [-0.2, 0) is 18.7 Å². The number of nitrogens with one attached hydrogen (secondary N) is 2. The summed E-state index contributed by atoms with van der Waals surface area (Å²) in [5.41, 5.74) is -1.96. The summed E-state index contributed by atoms with van der Waals surface area (Å²) in [6.45, 7) is 2.04. The Morgan fingerprint density at radius 3 is 2.16 bits per heavy atom. The number of aliphatic carboxylic acids is 1. The Hall–Kier alpha value is -1.89. The molecule has 0 aromatic carbocycles. The van der Waals surface area contributed by atoms with Gasteiger partial charge in [-0.2, -0.15) is 0 Å². The quantitative estimate of drug-likeness (QED) is 0.0467. The molecular weight excluding hydrogens is 579 g/mol. The van der Waals surface area contributed by atoms with Gasteiger partial charge in [-0.15, -0.1) is 0 Å². The van der Waals surface area contributed by atoms with Gasteiger partial charge in [-0.05, 0) is 51.9 Å². The Bertz CT molecular complexity index is 959. The van der Waals surface area contributed by atoms with Gasteiger partial charge in [0.25, 0.3) is 0 Å². The van der Waals surface area contributed by atoms with Gasteiger partial charge in [0.2, 0.25) is 5.91 Å². The van der Waals surface area contributed by atoms with Crippen molar-refractivity contribution in [3.63, 3.8) is 0 Å². The highest BCUT2D eigenvalue weighted by atomic mass is 31.2. The van der Waals surface area contributed by atoms with Crippen molar-refractivity contribution in [3.8, 4) is 0 Å². The molecule has 0 aromatic rings. The minimum absolute atomic E-state index is 0.107. The van der Waals surface area contributed by atoms with Crippen molar-refractivity contribution < 1.29 is 49.1 Å². The molecular formula is C30H53N2O10P. The summed E-state index contributed by atoms with van der Waals surface area (Å²) in [6, 6.07) is -1.63.